The first kappa shape index (κ1) is 15.2. The van der Waals surface area contributed by atoms with Gasteiger partial charge in [0.2, 0.25) is 0 Å². The number of hydrogen-bond donors (Lipinski definition) is 1. The smallest absolute Gasteiger partial charge is 0.0446 e. The van der Waals surface area contributed by atoms with Crippen molar-refractivity contribution in [1.29, 1.82) is 0 Å². The first-order valence-corrected chi connectivity index (χ1v) is 8.76. The first-order valence-electron chi connectivity index (χ1n) is 7.33. The van der Waals surface area contributed by atoms with E-state index < -0.39 is 0 Å². The molecule has 2 unspecified atom stereocenters. The van der Waals surface area contributed by atoms with Crippen molar-refractivity contribution >= 4 is 23.4 Å². The first-order chi connectivity index (χ1) is 9.31. The van der Waals surface area contributed by atoms with Crippen LogP contribution in [0.25, 0.3) is 0 Å². The standard InChI is InChI=1S/C16H24ClNS/c1-18-15-10-4-2-3-5-11-16(15)19-12-13-8-6-7-9-14(13)17/h6-9,15-16,18H,2-5,10-12H2,1H3. The lowest BCUT2D eigenvalue weighted by molar-refractivity contribution is 0.420. The molecule has 106 valence electrons. The molecule has 0 bridgehead atoms. The lowest BCUT2D eigenvalue weighted by Gasteiger charge is -2.28. The molecule has 1 nitrogen and oxygen atoms in total. The van der Waals surface area contributed by atoms with Crippen LogP contribution in [-0.2, 0) is 5.75 Å². The van der Waals surface area contributed by atoms with E-state index in [9.17, 15) is 0 Å². The van der Waals surface area contributed by atoms with E-state index in [1.54, 1.807) is 0 Å². The fraction of sp³-hybridized carbons (Fsp3) is 0.625. The molecule has 1 aliphatic carbocycles. The van der Waals surface area contributed by atoms with E-state index in [0.717, 1.165) is 16.0 Å². The van der Waals surface area contributed by atoms with Gasteiger partial charge < -0.3 is 5.32 Å². The second-order valence-electron chi connectivity index (χ2n) is 5.33. The van der Waals surface area contributed by atoms with Crippen LogP contribution in [0.5, 0.6) is 0 Å². The predicted octanol–water partition coefficient (Wildman–Crippen LogP) is 4.88. The Bertz CT molecular complexity index is 383. The van der Waals surface area contributed by atoms with Crippen molar-refractivity contribution in [1.82, 2.24) is 5.32 Å². The molecule has 1 N–H and O–H groups in total. The van der Waals surface area contributed by atoms with E-state index in [1.807, 2.05) is 12.1 Å². The Balaban J connectivity index is 1.93. The summed E-state index contributed by atoms with van der Waals surface area (Å²) >= 11 is 8.31. The van der Waals surface area contributed by atoms with E-state index in [2.05, 4.69) is 36.3 Å². The van der Waals surface area contributed by atoms with Gasteiger partial charge in [0, 0.05) is 22.1 Å². The van der Waals surface area contributed by atoms with Crippen LogP contribution in [0, 0.1) is 0 Å². The number of thioether (sulfide) groups is 1. The fourth-order valence-electron chi connectivity index (χ4n) is 2.79. The molecule has 0 spiro atoms. The van der Waals surface area contributed by atoms with Crippen molar-refractivity contribution in [2.75, 3.05) is 7.05 Å². The zero-order chi connectivity index (χ0) is 13.5. The molecule has 3 heteroatoms. The molecule has 1 fully saturated rings. The molecule has 2 rings (SSSR count). The van der Waals surface area contributed by atoms with Crippen LogP contribution in [0.3, 0.4) is 0 Å². The third-order valence-electron chi connectivity index (χ3n) is 3.98. The lowest BCUT2D eigenvalue weighted by Crippen LogP contribution is -2.36. The van der Waals surface area contributed by atoms with Crippen molar-refractivity contribution in [2.45, 2.75) is 55.6 Å². The van der Waals surface area contributed by atoms with Gasteiger partial charge in [-0.1, -0.05) is 55.5 Å². The minimum Gasteiger partial charge on any atom is -0.316 e. The Labute approximate surface area is 126 Å². The van der Waals surface area contributed by atoms with E-state index in [1.165, 1.54) is 44.1 Å². The molecule has 0 radical (unpaired) electrons. The van der Waals surface area contributed by atoms with Crippen LogP contribution < -0.4 is 5.32 Å². The quantitative estimate of drug-likeness (QED) is 0.849. The number of nitrogens with one attached hydrogen (secondary N) is 1. The third kappa shape index (κ3) is 4.70. The molecular formula is C16H24ClNS. The van der Waals surface area contributed by atoms with E-state index >= 15 is 0 Å². The van der Waals surface area contributed by atoms with E-state index in [0.29, 0.717) is 6.04 Å². The van der Waals surface area contributed by atoms with Gasteiger partial charge in [-0.3, -0.25) is 0 Å². The number of hydrogen-bond acceptors (Lipinski definition) is 2. The van der Waals surface area contributed by atoms with Crippen molar-refractivity contribution in [2.24, 2.45) is 0 Å². The van der Waals surface area contributed by atoms with Crippen molar-refractivity contribution in [3.05, 3.63) is 34.9 Å². The summed E-state index contributed by atoms with van der Waals surface area (Å²) in [6.07, 6.45) is 8.20. The van der Waals surface area contributed by atoms with Gasteiger partial charge in [-0.2, -0.15) is 11.8 Å². The molecule has 0 aromatic heterocycles. The summed E-state index contributed by atoms with van der Waals surface area (Å²) in [5.74, 6) is 1.03. The second kappa shape index (κ2) is 8.18. The Morgan fingerprint density at radius 3 is 2.63 bits per heavy atom. The summed E-state index contributed by atoms with van der Waals surface area (Å²) in [6.45, 7) is 0. The van der Waals surface area contributed by atoms with Gasteiger partial charge in [-0.15, -0.1) is 0 Å². The minimum atomic E-state index is 0.660. The largest absolute Gasteiger partial charge is 0.316 e. The van der Waals surface area contributed by atoms with E-state index in [-0.39, 0.29) is 0 Å². The third-order valence-corrected chi connectivity index (χ3v) is 5.82. The molecule has 0 heterocycles. The van der Waals surface area contributed by atoms with Crippen molar-refractivity contribution in [3.63, 3.8) is 0 Å². The van der Waals surface area contributed by atoms with Crippen LogP contribution in [0.4, 0.5) is 0 Å². The summed E-state index contributed by atoms with van der Waals surface area (Å²) in [5, 5.41) is 5.15. The monoisotopic (exact) mass is 297 g/mol. The summed E-state index contributed by atoms with van der Waals surface area (Å²) in [5.41, 5.74) is 1.27. The van der Waals surface area contributed by atoms with Crippen LogP contribution in [0.2, 0.25) is 5.02 Å². The molecule has 0 aliphatic heterocycles. The molecule has 0 saturated heterocycles. The van der Waals surface area contributed by atoms with Crippen LogP contribution in [0.15, 0.2) is 24.3 Å². The molecular weight excluding hydrogens is 274 g/mol. The van der Waals surface area contributed by atoms with Gasteiger partial charge in [-0.05, 0) is 31.5 Å². The minimum absolute atomic E-state index is 0.660. The van der Waals surface area contributed by atoms with Crippen LogP contribution >= 0.6 is 23.4 Å². The SMILES string of the molecule is CNC1CCCCCCC1SCc1ccccc1Cl. The molecule has 0 amide bonds. The van der Waals surface area contributed by atoms with E-state index in [4.69, 9.17) is 11.6 Å². The Morgan fingerprint density at radius 1 is 1.16 bits per heavy atom. The fourth-order valence-corrected chi connectivity index (χ4v) is 4.56. The molecule has 1 saturated carbocycles. The maximum atomic E-state index is 6.24. The lowest BCUT2D eigenvalue weighted by atomic mass is 9.96. The zero-order valence-corrected chi connectivity index (χ0v) is 13.3. The molecule has 1 aliphatic rings. The van der Waals surface area contributed by atoms with Crippen molar-refractivity contribution in [3.8, 4) is 0 Å². The van der Waals surface area contributed by atoms with Gasteiger partial charge >= 0.3 is 0 Å². The molecule has 2 atom stereocenters. The van der Waals surface area contributed by atoms with Gasteiger partial charge in [0.25, 0.3) is 0 Å². The summed E-state index contributed by atoms with van der Waals surface area (Å²) in [7, 11) is 2.11. The molecule has 1 aromatic carbocycles. The average molecular weight is 298 g/mol. The average Bonchev–Trinajstić information content (AvgIpc) is 2.40. The van der Waals surface area contributed by atoms with Gasteiger partial charge in [0.05, 0.1) is 0 Å². The molecule has 1 aromatic rings. The number of rotatable bonds is 4. The van der Waals surface area contributed by atoms with Crippen LogP contribution in [-0.4, -0.2) is 18.3 Å². The molecule has 19 heavy (non-hydrogen) atoms. The highest BCUT2D eigenvalue weighted by molar-refractivity contribution is 7.99. The summed E-state index contributed by atoms with van der Waals surface area (Å²) in [4.78, 5) is 0. The second-order valence-corrected chi connectivity index (χ2v) is 6.96. The van der Waals surface area contributed by atoms with Crippen molar-refractivity contribution < 1.29 is 0 Å². The highest BCUT2D eigenvalue weighted by Gasteiger charge is 2.21. The Kier molecular flexibility index (Phi) is 6.55. The summed E-state index contributed by atoms with van der Waals surface area (Å²) in [6, 6.07) is 8.88. The summed E-state index contributed by atoms with van der Waals surface area (Å²) < 4.78 is 0. The van der Waals surface area contributed by atoms with Gasteiger partial charge in [0.1, 0.15) is 0 Å². The van der Waals surface area contributed by atoms with Gasteiger partial charge in [-0.25, -0.2) is 0 Å². The normalized spacial score (nSPS) is 24.7. The Morgan fingerprint density at radius 2 is 1.89 bits per heavy atom. The zero-order valence-electron chi connectivity index (χ0n) is 11.7. The highest BCUT2D eigenvalue weighted by Crippen LogP contribution is 2.31. The maximum absolute atomic E-state index is 6.24. The number of benzene rings is 1. The Hall–Kier alpha value is -0.180. The topological polar surface area (TPSA) is 12.0 Å². The predicted molar refractivity (Wildman–Crippen MR) is 87.1 cm³/mol. The highest BCUT2D eigenvalue weighted by atomic mass is 35.5. The maximum Gasteiger partial charge on any atom is 0.0446 e. The van der Waals surface area contributed by atoms with Gasteiger partial charge in [0.15, 0.2) is 0 Å². The number of halogens is 1. The van der Waals surface area contributed by atoms with Crippen LogP contribution in [0.1, 0.15) is 44.1 Å².